The summed E-state index contributed by atoms with van der Waals surface area (Å²) in [5.41, 5.74) is -3.63. The van der Waals surface area contributed by atoms with E-state index in [-0.39, 0.29) is 38.1 Å². The summed E-state index contributed by atoms with van der Waals surface area (Å²) in [7, 11) is 0. The van der Waals surface area contributed by atoms with Crippen molar-refractivity contribution in [1.29, 1.82) is 0 Å². The molecule has 0 amide bonds. The number of benzene rings is 2. The van der Waals surface area contributed by atoms with Gasteiger partial charge >= 0.3 is 24.5 Å². The van der Waals surface area contributed by atoms with E-state index in [9.17, 15) is 49.4 Å². The lowest BCUT2D eigenvalue weighted by Gasteiger charge is -2.45. The predicted molar refractivity (Wildman–Crippen MR) is 129 cm³/mol. The summed E-state index contributed by atoms with van der Waals surface area (Å²) in [4.78, 5) is 13.0. The van der Waals surface area contributed by atoms with Gasteiger partial charge in [0.1, 0.15) is 0 Å². The Morgan fingerprint density at radius 1 is 0.875 bits per heavy atom. The van der Waals surface area contributed by atoms with Crippen molar-refractivity contribution in [2.45, 2.75) is 76.6 Å². The molecule has 2 aromatic carbocycles. The number of hydrogen-bond donors (Lipinski definition) is 1. The second-order valence-electron chi connectivity index (χ2n) is 10.6. The molecule has 1 heterocycles. The number of carboxylic acids is 1. The van der Waals surface area contributed by atoms with Gasteiger partial charge in [-0.05, 0) is 85.5 Å². The van der Waals surface area contributed by atoms with Crippen LogP contribution in [0, 0.1) is 11.8 Å². The SMILES string of the molecule is CC(C)CCC(c1cc(C(F)(F)F)ccc1C(F)(F)F)N1CC[C@@H](CC(=O)O)C[C@H]1c1ccc(C(F)(F)F)cc1. The maximum absolute atomic E-state index is 14.1. The van der Waals surface area contributed by atoms with Crippen molar-refractivity contribution in [3.63, 3.8) is 0 Å². The van der Waals surface area contributed by atoms with Gasteiger partial charge in [0.05, 0.1) is 16.7 Å². The fraction of sp³-hybridized carbons (Fsp3) is 0.536. The highest BCUT2D eigenvalue weighted by Crippen LogP contribution is 2.47. The highest BCUT2D eigenvalue weighted by Gasteiger charge is 2.42. The van der Waals surface area contributed by atoms with Gasteiger partial charge in [0, 0.05) is 18.5 Å². The minimum absolute atomic E-state index is 0.00305. The van der Waals surface area contributed by atoms with Gasteiger partial charge in [-0.2, -0.15) is 39.5 Å². The van der Waals surface area contributed by atoms with Crippen LogP contribution in [0.15, 0.2) is 42.5 Å². The first kappa shape index (κ1) is 31.8. The highest BCUT2D eigenvalue weighted by molar-refractivity contribution is 5.67. The molecule has 1 aliphatic heterocycles. The number of carbonyl (C=O) groups is 1. The van der Waals surface area contributed by atoms with Gasteiger partial charge in [0.25, 0.3) is 0 Å². The number of alkyl halides is 9. The zero-order valence-electron chi connectivity index (χ0n) is 21.8. The zero-order valence-corrected chi connectivity index (χ0v) is 21.8. The molecule has 0 spiro atoms. The van der Waals surface area contributed by atoms with E-state index >= 15 is 0 Å². The third-order valence-corrected chi connectivity index (χ3v) is 7.30. The lowest BCUT2D eigenvalue weighted by atomic mass is 9.81. The Labute approximate surface area is 226 Å². The van der Waals surface area contributed by atoms with Gasteiger partial charge in [0.2, 0.25) is 0 Å². The van der Waals surface area contributed by atoms with Crippen molar-refractivity contribution in [3.8, 4) is 0 Å². The first-order chi connectivity index (χ1) is 18.4. The van der Waals surface area contributed by atoms with E-state index in [0.717, 1.165) is 12.1 Å². The third kappa shape index (κ3) is 7.92. The lowest BCUT2D eigenvalue weighted by molar-refractivity contribution is -0.142. The quantitative estimate of drug-likeness (QED) is 0.315. The van der Waals surface area contributed by atoms with Crippen molar-refractivity contribution >= 4 is 5.97 Å². The highest BCUT2D eigenvalue weighted by atomic mass is 19.4. The molecule has 3 nitrogen and oxygen atoms in total. The summed E-state index contributed by atoms with van der Waals surface area (Å²) < 4.78 is 123. The predicted octanol–water partition coefficient (Wildman–Crippen LogP) is 9.15. The second kappa shape index (κ2) is 12.0. The molecule has 0 saturated carbocycles. The van der Waals surface area contributed by atoms with Gasteiger partial charge in [-0.1, -0.05) is 26.0 Å². The van der Waals surface area contributed by atoms with Crippen LogP contribution < -0.4 is 0 Å². The Balaban J connectivity index is 2.18. The number of nitrogens with zero attached hydrogens (tertiary/aromatic N) is 1. The smallest absolute Gasteiger partial charge is 0.416 e. The molecule has 40 heavy (non-hydrogen) atoms. The summed E-state index contributed by atoms with van der Waals surface area (Å²) in [5.74, 6) is -1.52. The van der Waals surface area contributed by atoms with Crippen molar-refractivity contribution < 1.29 is 49.4 Å². The zero-order chi connectivity index (χ0) is 30.0. The fourth-order valence-electron chi connectivity index (χ4n) is 5.35. The molecule has 222 valence electrons. The van der Waals surface area contributed by atoms with Crippen LogP contribution in [0.4, 0.5) is 39.5 Å². The average molecular weight is 584 g/mol. The van der Waals surface area contributed by atoms with Gasteiger partial charge in [-0.15, -0.1) is 0 Å². The normalized spacial score (nSPS) is 20.1. The van der Waals surface area contributed by atoms with Crippen LogP contribution in [0.3, 0.4) is 0 Å². The van der Waals surface area contributed by atoms with Gasteiger partial charge in [0.15, 0.2) is 0 Å². The lowest BCUT2D eigenvalue weighted by Crippen LogP contribution is -2.41. The summed E-state index contributed by atoms with van der Waals surface area (Å²) in [5, 5.41) is 9.31. The van der Waals surface area contributed by atoms with Crippen molar-refractivity contribution in [2.24, 2.45) is 11.8 Å². The first-order valence-corrected chi connectivity index (χ1v) is 12.8. The summed E-state index contributed by atoms with van der Waals surface area (Å²) in [6, 6.07) is 3.42. The first-order valence-electron chi connectivity index (χ1n) is 12.8. The Morgan fingerprint density at radius 3 is 1.95 bits per heavy atom. The minimum atomic E-state index is -4.96. The molecule has 3 rings (SSSR count). The molecule has 3 atom stereocenters. The number of hydrogen-bond acceptors (Lipinski definition) is 2. The van der Waals surface area contributed by atoms with E-state index in [4.69, 9.17) is 0 Å². The van der Waals surface area contributed by atoms with E-state index in [0.29, 0.717) is 30.2 Å². The number of carboxylic acid groups (broad SMARTS) is 1. The fourth-order valence-corrected chi connectivity index (χ4v) is 5.35. The number of rotatable bonds is 8. The monoisotopic (exact) mass is 583 g/mol. The summed E-state index contributed by atoms with van der Waals surface area (Å²) in [6.45, 7) is 3.69. The van der Waals surface area contributed by atoms with E-state index in [1.54, 1.807) is 4.90 Å². The Morgan fingerprint density at radius 2 is 1.45 bits per heavy atom. The molecule has 0 aliphatic carbocycles. The van der Waals surface area contributed by atoms with Gasteiger partial charge in [-0.25, -0.2) is 0 Å². The summed E-state index contributed by atoms with van der Waals surface area (Å²) in [6.07, 6.45) is -14.0. The number of halogens is 9. The molecule has 0 aromatic heterocycles. The van der Waals surface area contributed by atoms with Crippen LogP contribution in [0.2, 0.25) is 0 Å². The molecule has 2 aromatic rings. The molecular formula is C28H30F9NO2. The van der Waals surface area contributed by atoms with E-state index < -0.39 is 64.8 Å². The topological polar surface area (TPSA) is 40.5 Å². The Bertz CT molecular complexity index is 1150. The van der Waals surface area contributed by atoms with Crippen LogP contribution in [-0.2, 0) is 23.3 Å². The molecule has 12 heteroatoms. The average Bonchev–Trinajstić information content (AvgIpc) is 2.82. The molecule has 0 radical (unpaired) electrons. The third-order valence-electron chi connectivity index (χ3n) is 7.30. The van der Waals surface area contributed by atoms with E-state index in [2.05, 4.69) is 0 Å². The van der Waals surface area contributed by atoms with Crippen LogP contribution in [0.1, 0.15) is 85.9 Å². The standard InChI is InChI=1S/C28H30F9NO2/c1-16(2)3-10-23(21-15-20(27(32,33)34)8-9-22(21)28(35,36)37)38-12-11-17(14-25(39)40)13-24(38)18-4-6-19(7-5-18)26(29,30)31/h4-9,15-17,23-24H,3,10-14H2,1-2H3,(H,39,40)/t17-,23?,24+/m1/s1. The van der Waals surface area contributed by atoms with Crippen LogP contribution >= 0.6 is 0 Å². The largest absolute Gasteiger partial charge is 0.481 e. The molecule has 1 N–H and O–H groups in total. The number of likely N-dealkylation sites (tertiary alicyclic amines) is 1. The van der Waals surface area contributed by atoms with Crippen molar-refractivity contribution in [2.75, 3.05) is 6.54 Å². The van der Waals surface area contributed by atoms with E-state index in [1.165, 1.54) is 12.1 Å². The molecule has 1 unspecified atom stereocenters. The second-order valence-corrected chi connectivity index (χ2v) is 10.6. The van der Waals surface area contributed by atoms with Crippen molar-refractivity contribution in [3.05, 3.63) is 70.3 Å². The Kier molecular flexibility index (Phi) is 9.53. The van der Waals surface area contributed by atoms with Gasteiger partial charge < -0.3 is 5.11 Å². The maximum Gasteiger partial charge on any atom is 0.416 e. The molecule has 0 bridgehead atoms. The molecular weight excluding hydrogens is 553 g/mol. The molecule has 1 saturated heterocycles. The van der Waals surface area contributed by atoms with Crippen LogP contribution in [0.25, 0.3) is 0 Å². The number of piperidine rings is 1. The summed E-state index contributed by atoms with van der Waals surface area (Å²) >= 11 is 0. The van der Waals surface area contributed by atoms with Gasteiger partial charge in [-0.3, -0.25) is 9.69 Å². The number of aliphatic carboxylic acids is 1. The van der Waals surface area contributed by atoms with Crippen molar-refractivity contribution in [1.82, 2.24) is 4.90 Å². The van der Waals surface area contributed by atoms with E-state index in [1.807, 2.05) is 13.8 Å². The van der Waals surface area contributed by atoms with Crippen LogP contribution in [0.5, 0.6) is 0 Å². The minimum Gasteiger partial charge on any atom is -0.481 e. The molecule has 1 fully saturated rings. The molecule has 1 aliphatic rings. The van der Waals surface area contributed by atoms with Crippen LogP contribution in [-0.4, -0.2) is 22.5 Å². The Hall–Kier alpha value is -2.76. The maximum atomic E-state index is 14.1.